The van der Waals surface area contributed by atoms with Gasteiger partial charge in [-0.15, -0.1) is 0 Å². The number of fused-ring (bicyclic) bond motifs is 4. The Morgan fingerprint density at radius 2 is 1.43 bits per heavy atom. The number of hydrogen-bond donors (Lipinski definition) is 3. The molecule has 0 bridgehead atoms. The van der Waals surface area contributed by atoms with Gasteiger partial charge in [0.05, 0.1) is 17.8 Å². The van der Waals surface area contributed by atoms with Crippen LogP contribution in [0.1, 0.15) is 99.8 Å². The predicted molar refractivity (Wildman–Crippen MR) is 132 cm³/mol. The summed E-state index contributed by atoms with van der Waals surface area (Å²) in [6, 6.07) is 0. The Bertz CT molecular complexity index is 962. The van der Waals surface area contributed by atoms with Crippen LogP contribution in [0.3, 0.4) is 0 Å². The first-order valence-corrected chi connectivity index (χ1v) is 14.6. The van der Waals surface area contributed by atoms with E-state index in [1.54, 1.807) is 0 Å². The fourth-order valence-electron chi connectivity index (χ4n) is 12.5. The average molecular weight is 489 g/mol. The van der Waals surface area contributed by atoms with Gasteiger partial charge in [0.1, 0.15) is 12.2 Å². The van der Waals surface area contributed by atoms with Gasteiger partial charge in [-0.25, -0.2) is 0 Å². The van der Waals surface area contributed by atoms with E-state index in [2.05, 4.69) is 48.5 Å². The van der Waals surface area contributed by atoms with Crippen molar-refractivity contribution >= 4 is 0 Å². The maximum atomic E-state index is 12.3. The molecule has 13 unspecified atom stereocenters. The van der Waals surface area contributed by atoms with Gasteiger partial charge in [0.15, 0.2) is 5.79 Å². The molecule has 35 heavy (non-hydrogen) atoms. The Balaban J connectivity index is 1.28. The third-order valence-electron chi connectivity index (χ3n) is 14.2. The minimum atomic E-state index is -1.51. The first kappa shape index (κ1) is 23.9. The van der Waals surface area contributed by atoms with E-state index in [4.69, 9.17) is 9.47 Å². The topological polar surface area (TPSA) is 82.5 Å². The lowest BCUT2D eigenvalue weighted by Crippen LogP contribution is -2.60. The second-order valence-corrected chi connectivity index (χ2v) is 15.9. The number of hydrogen-bond acceptors (Lipinski definition) is 5. The molecular formula is C30H48O5. The summed E-state index contributed by atoms with van der Waals surface area (Å²) in [5.74, 6) is -0.366. The van der Waals surface area contributed by atoms with Gasteiger partial charge in [-0.2, -0.15) is 0 Å². The zero-order chi connectivity index (χ0) is 25.2. The van der Waals surface area contributed by atoms with Crippen molar-refractivity contribution in [3.8, 4) is 0 Å². The molecule has 7 fully saturated rings. The molecule has 0 amide bonds. The van der Waals surface area contributed by atoms with E-state index in [1.165, 1.54) is 12.8 Å². The van der Waals surface area contributed by atoms with E-state index >= 15 is 0 Å². The van der Waals surface area contributed by atoms with Crippen molar-refractivity contribution < 1.29 is 24.8 Å². The quantitative estimate of drug-likeness (QED) is 0.468. The zero-order valence-electron chi connectivity index (χ0n) is 22.9. The fraction of sp³-hybridized carbons (Fsp3) is 1.00. The lowest BCUT2D eigenvalue weighted by atomic mass is 9.41. The molecule has 13 atom stereocenters. The van der Waals surface area contributed by atoms with E-state index in [1.807, 2.05) is 0 Å². The summed E-state index contributed by atoms with van der Waals surface area (Å²) in [5, 5.41) is 35.4. The van der Waals surface area contributed by atoms with Gasteiger partial charge in [0.2, 0.25) is 0 Å². The highest BCUT2D eigenvalue weighted by atomic mass is 16.7. The van der Waals surface area contributed by atoms with Crippen LogP contribution in [0.25, 0.3) is 0 Å². The van der Waals surface area contributed by atoms with Crippen molar-refractivity contribution in [2.45, 2.75) is 136 Å². The third-order valence-corrected chi connectivity index (χ3v) is 14.2. The van der Waals surface area contributed by atoms with E-state index in [0.717, 1.165) is 38.5 Å². The fourth-order valence-corrected chi connectivity index (χ4v) is 12.5. The van der Waals surface area contributed by atoms with Crippen molar-refractivity contribution in [1.82, 2.24) is 0 Å². The van der Waals surface area contributed by atoms with Gasteiger partial charge in [0, 0.05) is 11.3 Å². The van der Waals surface area contributed by atoms with Gasteiger partial charge in [-0.3, -0.25) is 0 Å². The molecule has 5 heteroatoms. The van der Waals surface area contributed by atoms with Crippen LogP contribution < -0.4 is 0 Å². The van der Waals surface area contributed by atoms with Crippen LogP contribution in [0.4, 0.5) is 0 Å². The number of aliphatic hydroxyl groups is 3. The van der Waals surface area contributed by atoms with Crippen molar-refractivity contribution in [3.63, 3.8) is 0 Å². The molecule has 2 heterocycles. The zero-order valence-corrected chi connectivity index (χ0v) is 22.9. The molecule has 3 N–H and O–H groups in total. The van der Waals surface area contributed by atoms with Crippen molar-refractivity contribution in [2.24, 2.45) is 50.7 Å². The smallest absolute Gasteiger partial charge is 0.196 e. The van der Waals surface area contributed by atoms with Crippen LogP contribution in [0, 0.1) is 50.7 Å². The van der Waals surface area contributed by atoms with Gasteiger partial charge < -0.3 is 24.8 Å². The first-order chi connectivity index (χ1) is 16.1. The molecule has 0 radical (unpaired) electrons. The molecule has 2 spiro atoms. The molecule has 198 valence electrons. The second-order valence-electron chi connectivity index (χ2n) is 15.9. The summed E-state index contributed by atoms with van der Waals surface area (Å²) in [4.78, 5) is 0. The van der Waals surface area contributed by atoms with E-state index in [9.17, 15) is 15.3 Å². The number of rotatable bonds is 1. The van der Waals surface area contributed by atoms with Gasteiger partial charge >= 0.3 is 0 Å². The van der Waals surface area contributed by atoms with E-state index in [0.29, 0.717) is 17.3 Å². The molecular weight excluding hydrogens is 440 g/mol. The molecule has 5 aliphatic carbocycles. The summed E-state index contributed by atoms with van der Waals surface area (Å²) in [7, 11) is 0. The average Bonchev–Trinajstić information content (AvgIpc) is 3.62. The number of aliphatic hydroxyl groups excluding tert-OH is 2. The Labute approximate surface area is 211 Å². The Morgan fingerprint density at radius 3 is 2.09 bits per heavy atom. The maximum Gasteiger partial charge on any atom is 0.196 e. The minimum absolute atomic E-state index is 0.00487. The van der Waals surface area contributed by atoms with Crippen LogP contribution in [-0.2, 0) is 9.47 Å². The third kappa shape index (κ3) is 2.38. The molecule has 5 saturated carbocycles. The van der Waals surface area contributed by atoms with Crippen LogP contribution in [-0.4, -0.2) is 51.1 Å². The molecule has 2 saturated heterocycles. The molecule has 7 aliphatic rings. The van der Waals surface area contributed by atoms with Gasteiger partial charge in [0.25, 0.3) is 0 Å². The maximum absolute atomic E-state index is 12.3. The highest BCUT2D eigenvalue weighted by Crippen LogP contribution is 2.89. The molecule has 0 aromatic heterocycles. The summed E-state index contributed by atoms with van der Waals surface area (Å²) >= 11 is 0. The van der Waals surface area contributed by atoms with Crippen LogP contribution in [0.5, 0.6) is 0 Å². The van der Waals surface area contributed by atoms with Gasteiger partial charge in [-0.05, 0) is 105 Å². The number of ether oxygens (including phenoxy) is 2. The van der Waals surface area contributed by atoms with Crippen molar-refractivity contribution in [1.29, 1.82) is 0 Å². The summed E-state index contributed by atoms with van der Waals surface area (Å²) in [6.45, 7) is 15.7. The van der Waals surface area contributed by atoms with Crippen molar-refractivity contribution in [3.05, 3.63) is 0 Å². The summed E-state index contributed by atoms with van der Waals surface area (Å²) in [5.41, 5.74) is -0.254. The standard InChI is InChI=1S/C30H48O5/c1-16-14-17(22-25(4,5)35-22)34-30(33)21(16)26(6)12-13-29-15-28(29)11-10-20(31)24(2,3)18(28)8-9-19(29)27(26,7)23(30)32/h16-23,31-33H,8-15H2,1-7H3. The Morgan fingerprint density at radius 1 is 0.800 bits per heavy atom. The first-order valence-electron chi connectivity index (χ1n) is 14.6. The molecule has 5 nitrogen and oxygen atoms in total. The minimum Gasteiger partial charge on any atom is -0.393 e. The predicted octanol–water partition coefficient (Wildman–Crippen LogP) is 4.66. The Kier molecular flexibility index (Phi) is 4.32. The van der Waals surface area contributed by atoms with Crippen LogP contribution in [0.15, 0.2) is 0 Å². The molecule has 0 aromatic carbocycles. The molecule has 7 rings (SSSR count). The molecule has 0 aromatic rings. The summed E-state index contributed by atoms with van der Waals surface area (Å²) in [6.07, 6.45) is 7.34. The van der Waals surface area contributed by atoms with Crippen LogP contribution in [0.2, 0.25) is 0 Å². The second kappa shape index (κ2) is 6.33. The van der Waals surface area contributed by atoms with Crippen molar-refractivity contribution in [2.75, 3.05) is 0 Å². The largest absolute Gasteiger partial charge is 0.393 e. The van der Waals surface area contributed by atoms with Gasteiger partial charge in [-0.1, -0.05) is 34.6 Å². The highest BCUT2D eigenvalue weighted by Gasteiger charge is 2.86. The summed E-state index contributed by atoms with van der Waals surface area (Å²) < 4.78 is 12.5. The monoisotopic (exact) mass is 488 g/mol. The Hall–Kier alpha value is -0.200. The van der Waals surface area contributed by atoms with Crippen LogP contribution >= 0.6 is 0 Å². The van der Waals surface area contributed by atoms with E-state index in [-0.39, 0.29) is 57.4 Å². The highest BCUT2D eigenvalue weighted by molar-refractivity contribution is 5.33. The lowest BCUT2D eigenvalue weighted by Gasteiger charge is -2.63. The molecule has 2 aliphatic heterocycles. The normalized spacial score (nSPS) is 65.3. The van der Waals surface area contributed by atoms with E-state index < -0.39 is 11.9 Å². The lowest BCUT2D eigenvalue weighted by molar-refractivity contribution is -0.327. The SMILES string of the molecule is CC1CC(C2OC2(C)C)OC2(O)C1C1(C)CCC34CC35CCC(O)C(C)(C)C5CCC4C1(C)C2O. The number of epoxide rings is 1.